The maximum Gasteiger partial charge on any atom is 0.281 e. The highest BCUT2D eigenvalue weighted by Gasteiger charge is 2.12. The SMILES string of the molecule is C.C.C.C.C=C1N=C(C(C)C)NO1.CC(C)c1cc(=O)[nH]o1.CC(C)c1cc(=O)[nH]s1.CC(C)c1cocc(O)c1=O.CC(C)c1ncn[nH]1.CC(C)c1ns[nH]c1=O.CNC(=O)C(C)C.CNC(=O)C(C)C. The third-order valence-corrected chi connectivity index (χ3v) is 10.1. The number of H-pyrrole nitrogens is 4. The number of carbonyl (C=O) groups excluding carboxylic acids is 2. The molecule has 0 saturated heterocycles. The average Bonchev–Trinajstić information content (AvgIpc) is 4.15. The van der Waals surface area contributed by atoms with Crippen LogP contribution in [0.4, 0.5) is 0 Å². The Hall–Kier alpha value is -6.36. The third kappa shape index (κ3) is 34.6. The quantitative estimate of drug-likeness (QED) is 0.0717. The summed E-state index contributed by atoms with van der Waals surface area (Å²) in [6, 6.07) is 3.11. The number of rotatable bonds is 8. The van der Waals surface area contributed by atoms with Crippen molar-refractivity contribution >= 4 is 40.9 Å². The number of hydrogen-bond donors (Lipinski definition) is 8. The number of aromatic nitrogens is 7. The van der Waals surface area contributed by atoms with Gasteiger partial charge >= 0.3 is 0 Å². The lowest BCUT2D eigenvalue weighted by Gasteiger charge is -2.01. The number of amidine groups is 1. The van der Waals surface area contributed by atoms with Crippen molar-refractivity contribution in [2.24, 2.45) is 22.7 Å². The summed E-state index contributed by atoms with van der Waals surface area (Å²) in [5.41, 5.74) is 3.26. The second kappa shape index (κ2) is 42.2. The summed E-state index contributed by atoms with van der Waals surface area (Å²) < 4.78 is 18.6. The number of hydrogen-bond acceptors (Lipinski definition) is 17. The highest BCUT2D eigenvalue weighted by Crippen LogP contribution is 2.15. The van der Waals surface area contributed by atoms with Crippen molar-refractivity contribution in [3.63, 3.8) is 0 Å². The van der Waals surface area contributed by atoms with E-state index in [0.717, 1.165) is 34.5 Å². The molecule has 1 aliphatic rings. The lowest BCUT2D eigenvalue weighted by Crippen LogP contribution is -2.22. The van der Waals surface area contributed by atoms with E-state index in [1.807, 2.05) is 83.1 Å². The van der Waals surface area contributed by atoms with Crippen LogP contribution in [0.2, 0.25) is 0 Å². The zero-order valence-electron chi connectivity index (χ0n) is 43.4. The number of hydroxylamine groups is 1. The fourth-order valence-corrected chi connectivity index (χ4v) is 5.48. The van der Waals surface area contributed by atoms with Crippen molar-refractivity contribution in [3.05, 3.63) is 112 Å². The summed E-state index contributed by atoms with van der Waals surface area (Å²) in [7, 11) is 3.28. The molecule has 0 saturated carbocycles. The maximum absolute atomic E-state index is 11.1. The van der Waals surface area contributed by atoms with Crippen LogP contribution in [0.3, 0.4) is 0 Å². The highest BCUT2D eigenvalue weighted by molar-refractivity contribution is 7.05. The Labute approximate surface area is 442 Å². The van der Waals surface area contributed by atoms with Gasteiger partial charge in [0.1, 0.15) is 35.7 Å². The molecule has 6 heterocycles. The van der Waals surface area contributed by atoms with Crippen molar-refractivity contribution < 1.29 is 28.5 Å². The van der Waals surface area contributed by atoms with Crippen LogP contribution in [-0.2, 0) is 14.4 Å². The predicted molar refractivity (Wildman–Crippen MR) is 301 cm³/mol. The van der Waals surface area contributed by atoms with Gasteiger partial charge in [-0.25, -0.2) is 10.5 Å². The van der Waals surface area contributed by atoms with Crippen molar-refractivity contribution in [2.75, 3.05) is 14.1 Å². The molecular weight excluding hydrogens is 979 g/mol. The molecule has 6 rings (SSSR count). The van der Waals surface area contributed by atoms with Gasteiger partial charge in [-0.1, -0.05) is 152 Å². The first-order valence-corrected chi connectivity index (χ1v) is 23.9. The summed E-state index contributed by atoms with van der Waals surface area (Å²) in [5, 5.41) is 22.7. The van der Waals surface area contributed by atoms with E-state index < -0.39 is 0 Å². The van der Waals surface area contributed by atoms with Gasteiger partial charge in [0.05, 0.1) is 6.26 Å². The van der Waals surface area contributed by atoms with Gasteiger partial charge in [-0.05, 0) is 18.4 Å². The van der Waals surface area contributed by atoms with Gasteiger partial charge in [0.2, 0.25) is 23.1 Å². The van der Waals surface area contributed by atoms with Gasteiger partial charge in [-0.15, -0.1) is 0 Å². The van der Waals surface area contributed by atoms with Gasteiger partial charge in [0.15, 0.2) is 5.75 Å². The Morgan fingerprint density at radius 2 is 1.25 bits per heavy atom. The minimum atomic E-state index is -0.341. The first-order valence-electron chi connectivity index (χ1n) is 22.3. The van der Waals surface area contributed by atoms with Gasteiger partial charge in [0, 0.05) is 83.9 Å². The summed E-state index contributed by atoms with van der Waals surface area (Å²) in [4.78, 5) is 77.5. The molecule has 0 atom stereocenters. The summed E-state index contributed by atoms with van der Waals surface area (Å²) in [6.07, 6.45) is 3.93. The number of aliphatic imine (C=N–C) groups is 1. The van der Waals surface area contributed by atoms with Crippen molar-refractivity contribution in [1.29, 1.82) is 0 Å². The maximum atomic E-state index is 11.1. The molecule has 8 N–H and O–H groups in total. The lowest BCUT2D eigenvalue weighted by atomic mass is 10.1. The molecule has 0 bridgehead atoms. The molecule has 21 nitrogen and oxygen atoms in total. The van der Waals surface area contributed by atoms with E-state index in [-0.39, 0.29) is 99.0 Å². The van der Waals surface area contributed by atoms with Crippen LogP contribution in [-0.4, -0.2) is 70.3 Å². The van der Waals surface area contributed by atoms with E-state index in [9.17, 15) is 28.8 Å². The normalized spacial score (nSPS) is 10.5. The number of nitrogens with one attached hydrogen (secondary N) is 7. The second-order valence-electron chi connectivity index (χ2n) is 17.2. The standard InChI is InChI=1S/C8H10O3.C6H10N2O.C6H9NO2.C6H9NOS.C5H9N3.C5H8N2OS.2C5H11NO.4CH4/c1-5(2)6-3-11-4-7(9)8(6)10;1-4(2)6-7-5(3)9-8-6;2*1-4(2)5-3-6(8)7-9-5;1-4(2)5-6-3-7-8-5;1-3(2)4-5(8)7-9-6-4;2*1-4(2)5(7)6-3;;;;/h3-5,9H,1-2H3;4H,3H2,1-2H3,(H,7,8);2*3-4H,1-2H3,(H,7,8);3-4H,1-2H3,(H,6,7,8);3H,1-2H3,(H,7,8);2*4H,1-3H3,(H,6,7);4*1H4. The minimum Gasteiger partial charge on any atom is -0.502 e. The molecule has 0 aliphatic carbocycles. The monoisotopic (exact) mass is 1070 g/mol. The summed E-state index contributed by atoms with van der Waals surface area (Å²) in [5.74, 6) is 4.95. The molecule has 5 aromatic rings. The molecule has 0 spiro atoms. The smallest absolute Gasteiger partial charge is 0.281 e. The average molecular weight is 1070 g/mol. The minimum absolute atomic E-state index is 0. The van der Waals surface area contributed by atoms with Crippen LogP contribution >= 0.6 is 23.3 Å². The van der Waals surface area contributed by atoms with E-state index in [2.05, 4.69) is 88.8 Å². The Balaban J connectivity index is -0.000000175. The molecule has 5 aromatic heterocycles. The molecule has 1 aliphatic heterocycles. The number of carbonyl (C=O) groups is 2. The third-order valence-electron chi connectivity index (χ3n) is 8.36. The molecule has 23 heteroatoms. The Kier molecular flexibility index (Phi) is 45.1. The molecule has 0 unspecified atom stereocenters. The lowest BCUT2D eigenvalue weighted by molar-refractivity contribution is -0.124. The molecule has 0 aromatic carbocycles. The number of amides is 2. The van der Waals surface area contributed by atoms with E-state index in [1.165, 1.54) is 30.2 Å². The van der Waals surface area contributed by atoms with Crippen LogP contribution in [0.5, 0.6) is 5.75 Å². The van der Waals surface area contributed by atoms with Gasteiger partial charge < -0.3 is 29.5 Å². The molecule has 2 amide bonds. The molecular formula is C50H93N11O10S2. The highest BCUT2D eigenvalue weighted by atomic mass is 32.1. The first-order chi connectivity index (χ1) is 32.1. The molecule has 0 radical (unpaired) electrons. The fraction of sp³-hybridized carbons (Fsp3) is 0.600. The molecule has 73 heavy (non-hydrogen) atoms. The van der Waals surface area contributed by atoms with Crippen molar-refractivity contribution in [3.8, 4) is 5.75 Å². The van der Waals surface area contributed by atoms with Crippen LogP contribution in [0, 0.1) is 17.8 Å². The predicted octanol–water partition coefficient (Wildman–Crippen LogP) is 10.4. The van der Waals surface area contributed by atoms with E-state index in [0.29, 0.717) is 40.7 Å². The Morgan fingerprint density at radius 1 is 0.699 bits per heavy atom. The number of nitrogens with zero attached hydrogens (tertiary/aromatic N) is 4. The Bertz CT molecular complexity index is 2360. The second-order valence-corrected chi connectivity index (χ2v) is 18.7. The zero-order valence-corrected chi connectivity index (χ0v) is 45.1. The van der Waals surface area contributed by atoms with Crippen molar-refractivity contribution in [1.82, 2.24) is 49.6 Å². The van der Waals surface area contributed by atoms with E-state index in [4.69, 9.17) is 18.9 Å². The van der Waals surface area contributed by atoms with Crippen LogP contribution in [0.1, 0.15) is 198 Å². The van der Waals surface area contributed by atoms with Gasteiger partial charge in [0.25, 0.3) is 16.7 Å². The van der Waals surface area contributed by atoms with Gasteiger partial charge in [-0.2, -0.15) is 19.6 Å². The van der Waals surface area contributed by atoms with Crippen LogP contribution < -0.4 is 38.2 Å². The number of aromatic hydroxyl groups is 1. The zero-order chi connectivity index (χ0) is 53.6. The topological polar surface area (TPSA) is 308 Å². The molecule has 0 fully saturated rings. The van der Waals surface area contributed by atoms with Crippen molar-refractivity contribution in [2.45, 2.75) is 170 Å². The van der Waals surface area contributed by atoms with Crippen LogP contribution in [0.25, 0.3) is 0 Å². The van der Waals surface area contributed by atoms with Crippen LogP contribution in [0.15, 0.2) is 76.6 Å². The van der Waals surface area contributed by atoms with E-state index in [1.54, 1.807) is 20.2 Å². The molecule has 420 valence electrons. The van der Waals surface area contributed by atoms with Gasteiger partial charge in [-0.3, -0.25) is 42.6 Å². The van der Waals surface area contributed by atoms with E-state index >= 15 is 0 Å². The largest absolute Gasteiger partial charge is 0.502 e. The number of aromatic amines is 4. The summed E-state index contributed by atoms with van der Waals surface area (Å²) in [6.45, 7) is 34.9. The summed E-state index contributed by atoms with van der Waals surface area (Å²) >= 11 is 2.53. The first kappa shape index (κ1) is 78.1. The fourth-order valence-electron chi connectivity index (χ4n) is 4.17. The Morgan fingerprint density at radius 3 is 1.45 bits per heavy atom.